The summed E-state index contributed by atoms with van der Waals surface area (Å²) in [5.41, 5.74) is 1.34. The van der Waals surface area contributed by atoms with E-state index in [9.17, 15) is 0 Å². The molecule has 0 amide bonds. The van der Waals surface area contributed by atoms with Crippen molar-refractivity contribution in [3.05, 3.63) is 28.7 Å². The normalized spacial score (nSPS) is 29.2. The van der Waals surface area contributed by atoms with Crippen LogP contribution >= 0.6 is 11.3 Å². The van der Waals surface area contributed by atoms with Gasteiger partial charge in [0.1, 0.15) is 0 Å². The second kappa shape index (κ2) is 7.21. The van der Waals surface area contributed by atoms with Crippen LogP contribution in [0.15, 0.2) is 18.0 Å². The molecule has 3 rings (SSSR count). The monoisotopic (exact) mass is 322 g/mol. The quantitative estimate of drug-likeness (QED) is 0.596. The molecule has 3 heterocycles. The van der Waals surface area contributed by atoms with Crippen LogP contribution in [0.25, 0.3) is 0 Å². The van der Waals surface area contributed by atoms with Gasteiger partial charge in [-0.05, 0) is 26.2 Å². The summed E-state index contributed by atoms with van der Waals surface area (Å²) in [7, 11) is 0. The van der Waals surface area contributed by atoms with Crippen molar-refractivity contribution in [3.8, 4) is 0 Å². The topological polar surface area (TPSA) is 34.6 Å². The highest BCUT2D eigenvalue weighted by Gasteiger charge is 2.46. The fourth-order valence-electron chi connectivity index (χ4n) is 3.78. The number of aromatic nitrogens is 1. The lowest BCUT2D eigenvalue weighted by Gasteiger charge is -2.50. The lowest BCUT2D eigenvalue weighted by Crippen LogP contribution is -2.56. The molecule has 0 aromatic carbocycles. The number of aryl methyl sites for hydroxylation is 1. The molecule has 2 fully saturated rings. The highest BCUT2D eigenvalue weighted by molar-refractivity contribution is 7.09. The molecule has 122 valence electrons. The number of rotatable bonds is 6. The van der Waals surface area contributed by atoms with Crippen molar-refractivity contribution in [2.24, 2.45) is 5.41 Å². The summed E-state index contributed by atoms with van der Waals surface area (Å²) in [6.45, 7) is 11.2. The third-order valence-corrected chi connectivity index (χ3v) is 5.57. The molecule has 2 atom stereocenters. The number of hydrogen-bond acceptors (Lipinski definition) is 5. The molecule has 2 aliphatic rings. The molecule has 0 aliphatic carbocycles. The first-order chi connectivity index (χ1) is 10.7. The van der Waals surface area contributed by atoms with Crippen LogP contribution in [0.3, 0.4) is 0 Å². The van der Waals surface area contributed by atoms with Gasteiger partial charge in [-0.1, -0.05) is 6.08 Å². The maximum atomic E-state index is 6.07. The number of ether oxygens (including phenoxy) is 2. The van der Waals surface area contributed by atoms with E-state index in [1.54, 1.807) is 11.3 Å². The average Bonchev–Trinajstić information content (AvgIpc) is 2.92. The maximum Gasteiger partial charge on any atom is 0.0897 e. The summed E-state index contributed by atoms with van der Waals surface area (Å²) in [5, 5.41) is 3.33. The Kier molecular flexibility index (Phi) is 5.29. The van der Waals surface area contributed by atoms with Crippen molar-refractivity contribution in [1.29, 1.82) is 0 Å². The minimum atomic E-state index is 0.143. The zero-order valence-corrected chi connectivity index (χ0v) is 14.2. The second-order valence-electron chi connectivity index (χ2n) is 6.49. The van der Waals surface area contributed by atoms with Crippen molar-refractivity contribution in [2.45, 2.75) is 38.8 Å². The summed E-state index contributed by atoms with van der Waals surface area (Å²) < 4.78 is 11.9. The van der Waals surface area contributed by atoms with E-state index in [0.717, 1.165) is 50.7 Å². The number of hydrogen-bond donors (Lipinski definition) is 0. The molecule has 2 saturated heterocycles. The van der Waals surface area contributed by atoms with E-state index in [2.05, 4.69) is 28.8 Å². The third kappa shape index (κ3) is 3.59. The summed E-state index contributed by atoms with van der Waals surface area (Å²) in [6, 6.07) is 0. The Hall–Kier alpha value is -0.750. The molecule has 2 aliphatic heterocycles. The number of piperidine rings is 1. The highest BCUT2D eigenvalue weighted by Crippen LogP contribution is 2.40. The second-order valence-corrected chi connectivity index (χ2v) is 7.55. The Labute approximate surface area is 137 Å². The van der Waals surface area contributed by atoms with E-state index in [4.69, 9.17) is 9.47 Å². The Morgan fingerprint density at radius 2 is 2.55 bits per heavy atom. The van der Waals surface area contributed by atoms with E-state index < -0.39 is 0 Å². The Morgan fingerprint density at radius 1 is 1.64 bits per heavy atom. The highest BCUT2D eigenvalue weighted by atomic mass is 32.1. The van der Waals surface area contributed by atoms with Crippen LogP contribution in [0.1, 0.15) is 30.0 Å². The van der Waals surface area contributed by atoms with Crippen LogP contribution in [0, 0.1) is 12.3 Å². The largest absolute Gasteiger partial charge is 0.377 e. The molecule has 0 unspecified atom stereocenters. The minimum Gasteiger partial charge on any atom is -0.377 e. The van der Waals surface area contributed by atoms with Gasteiger partial charge in [-0.2, -0.15) is 0 Å². The molecule has 0 spiro atoms. The summed E-state index contributed by atoms with van der Waals surface area (Å²) in [6.07, 6.45) is 5.60. The predicted molar refractivity (Wildman–Crippen MR) is 89.2 cm³/mol. The molecule has 22 heavy (non-hydrogen) atoms. The van der Waals surface area contributed by atoms with Crippen LogP contribution in [0.5, 0.6) is 0 Å². The fraction of sp³-hybridized carbons (Fsp3) is 0.706. The summed E-state index contributed by atoms with van der Waals surface area (Å²) in [5.74, 6) is 0. The Balaban J connectivity index is 1.66. The lowest BCUT2D eigenvalue weighted by atomic mass is 9.73. The van der Waals surface area contributed by atoms with Gasteiger partial charge < -0.3 is 9.47 Å². The number of nitrogens with zero attached hydrogens (tertiary/aromatic N) is 2. The SMILES string of the molecule is C=CCOC[C@]12CCCO[C@H]1CCN(Cc1csc(C)n1)C2. The van der Waals surface area contributed by atoms with Crippen molar-refractivity contribution in [2.75, 3.05) is 32.9 Å². The molecule has 0 radical (unpaired) electrons. The van der Waals surface area contributed by atoms with Crippen molar-refractivity contribution in [1.82, 2.24) is 9.88 Å². The van der Waals surface area contributed by atoms with E-state index in [0.29, 0.717) is 12.7 Å². The van der Waals surface area contributed by atoms with Gasteiger partial charge in [-0.3, -0.25) is 4.90 Å². The van der Waals surface area contributed by atoms with Gasteiger partial charge in [-0.25, -0.2) is 4.98 Å². The number of fused-ring (bicyclic) bond motifs is 1. The van der Waals surface area contributed by atoms with Gasteiger partial charge in [0, 0.05) is 37.0 Å². The fourth-order valence-corrected chi connectivity index (χ4v) is 4.39. The van der Waals surface area contributed by atoms with Gasteiger partial charge in [0.2, 0.25) is 0 Å². The van der Waals surface area contributed by atoms with E-state index in [1.165, 1.54) is 12.1 Å². The van der Waals surface area contributed by atoms with Crippen molar-refractivity contribution >= 4 is 11.3 Å². The Morgan fingerprint density at radius 3 is 3.32 bits per heavy atom. The van der Waals surface area contributed by atoms with Gasteiger partial charge in [0.05, 0.1) is 30.0 Å². The lowest BCUT2D eigenvalue weighted by molar-refractivity contribution is -0.152. The van der Waals surface area contributed by atoms with Gasteiger partial charge >= 0.3 is 0 Å². The molecule has 1 aromatic heterocycles. The summed E-state index contributed by atoms with van der Waals surface area (Å²) in [4.78, 5) is 7.13. The molecule has 5 heteroatoms. The molecule has 0 N–H and O–H groups in total. The smallest absolute Gasteiger partial charge is 0.0897 e. The third-order valence-electron chi connectivity index (χ3n) is 4.74. The van der Waals surface area contributed by atoms with Crippen molar-refractivity contribution < 1.29 is 9.47 Å². The van der Waals surface area contributed by atoms with Gasteiger partial charge in [0.15, 0.2) is 0 Å². The summed E-state index contributed by atoms with van der Waals surface area (Å²) >= 11 is 1.73. The first kappa shape index (κ1) is 16.1. The van der Waals surface area contributed by atoms with Crippen LogP contribution in [0.4, 0.5) is 0 Å². The zero-order chi connectivity index (χ0) is 15.4. The maximum absolute atomic E-state index is 6.07. The molecule has 4 nitrogen and oxygen atoms in total. The van der Waals surface area contributed by atoms with Crippen LogP contribution in [-0.2, 0) is 16.0 Å². The van der Waals surface area contributed by atoms with E-state index in [-0.39, 0.29) is 5.41 Å². The minimum absolute atomic E-state index is 0.143. The zero-order valence-electron chi connectivity index (χ0n) is 13.4. The van der Waals surface area contributed by atoms with Crippen LogP contribution in [-0.4, -0.2) is 48.9 Å². The molecule has 0 bridgehead atoms. The standard InChI is InChI=1S/C17H26N2O2S/c1-3-8-20-13-17-6-4-9-21-16(17)5-7-19(12-17)10-15-11-22-14(2)18-15/h3,11,16H,1,4-10,12-13H2,2H3/t16-,17+/m0/s1. The first-order valence-electron chi connectivity index (χ1n) is 8.15. The molecule has 1 aromatic rings. The van der Waals surface area contributed by atoms with Crippen LogP contribution < -0.4 is 0 Å². The van der Waals surface area contributed by atoms with E-state index >= 15 is 0 Å². The van der Waals surface area contributed by atoms with Gasteiger partial charge in [-0.15, -0.1) is 17.9 Å². The van der Waals surface area contributed by atoms with Crippen molar-refractivity contribution in [3.63, 3.8) is 0 Å². The molecule has 0 saturated carbocycles. The predicted octanol–water partition coefficient (Wildman–Crippen LogP) is 3.03. The molecular weight excluding hydrogens is 296 g/mol. The number of thiazole rings is 1. The average molecular weight is 322 g/mol. The number of likely N-dealkylation sites (tertiary alicyclic amines) is 1. The van der Waals surface area contributed by atoms with Crippen LogP contribution in [0.2, 0.25) is 0 Å². The Bertz CT molecular complexity index is 505. The first-order valence-corrected chi connectivity index (χ1v) is 9.03. The van der Waals surface area contributed by atoms with E-state index in [1.807, 2.05) is 6.08 Å². The molecular formula is C17H26N2O2S. The van der Waals surface area contributed by atoms with Gasteiger partial charge in [0.25, 0.3) is 0 Å².